The number of benzene rings is 1. The quantitative estimate of drug-likeness (QED) is 0.654. The molecule has 1 aromatic carbocycles. The van der Waals surface area contributed by atoms with Crippen LogP contribution >= 0.6 is 0 Å². The summed E-state index contributed by atoms with van der Waals surface area (Å²) in [5, 5.41) is 23.1. The topological polar surface area (TPSA) is 91.4 Å². The summed E-state index contributed by atoms with van der Waals surface area (Å²) in [4.78, 5) is 12.9. The van der Waals surface area contributed by atoms with Gasteiger partial charge in [-0.05, 0) is 18.7 Å². The van der Waals surface area contributed by atoms with Crippen molar-refractivity contribution in [3.63, 3.8) is 0 Å². The Morgan fingerprint density at radius 3 is 3.10 bits per heavy atom. The molecule has 0 bridgehead atoms. The summed E-state index contributed by atoms with van der Waals surface area (Å²) in [6.07, 6.45) is -0.0101. The Morgan fingerprint density at radius 1 is 1.62 bits per heavy atom. The van der Waals surface area contributed by atoms with Crippen LogP contribution in [0.3, 0.4) is 0 Å². The van der Waals surface area contributed by atoms with Crippen molar-refractivity contribution in [3.05, 3.63) is 33.9 Å². The number of para-hydroxylation sites is 1. The third kappa shape index (κ3) is 3.68. The molecule has 1 aliphatic heterocycles. The number of anilines is 1. The average molecular weight is 290 g/mol. The Morgan fingerprint density at radius 2 is 2.43 bits per heavy atom. The Balaban J connectivity index is 2.06. The number of likely N-dealkylation sites (N-methyl/N-ethyl adjacent to an activating group) is 1. The van der Waals surface area contributed by atoms with Crippen molar-refractivity contribution in [3.8, 4) is 6.07 Å². The monoisotopic (exact) mass is 290 g/mol. The van der Waals surface area contributed by atoms with Gasteiger partial charge in [-0.25, -0.2) is 0 Å². The van der Waals surface area contributed by atoms with Crippen molar-refractivity contribution in [2.75, 3.05) is 38.1 Å². The van der Waals surface area contributed by atoms with Crippen LogP contribution in [0.4, 0.5) is 11.4 Å². The zero-order chi connectivity index (χ0) is 15.2. The van der Waals surface area contributed by atoms with Gasteiger partial charge in [0.2, 0.25) is 0 Å². The molecule has 7 heteroatoms. The van der Waals surface area contributed by atoms with E-state index in [1.807, 2.05) is 6.07 Å². The minimum atomic E-state index is -0.527. The van der Waals surface area contributed by atoms with Crippen LogP contribution in [0.25, 0.3) is 0 Å². The fraction of sp³-hybridized carbons (Fsp3) is 0.500. The van der Waals surface area contributed by atoms with E-state index in [1.165, 1.54) is 6.07 Å². The van der Waals surface area contributed by atoms with E-state index < -0.39 is 4.92 Å². The first-order chi connectivity index (χ1) is 10.2. The van der Waals surface area contributed by atoms with Crippen molar-refractivity contribution in [2.24, 2.45) is 0 Å². The van der Waals surface area contributed by atoms with Gasteiger partial charge < -0.3 is 10.1 Å². The molecule has 1 heterocycles. The van der Waals surface area contributed by atoms with Crippen molar-refractivity contribution in [1.29, 1.82) is 5.26 Å². The summed E-state index contributed by atoms with van der Waals surface area (Å²) in [6.45, 7) is 5.92. The smallest absolute Gasteiger partial charge is 0.309 e. The lowest BCUT2D eigenvalue weighted by atomic mass is 10.1. The predicted molar refractivity (Wildman–Crippen MR) is 78.2 cm³/mol. The van der Waals surface area contributed by atoms with E-state index in [0.717, 1.165) is 19.6 Å². The molecular formula is C14H18N4O3. The molecule has 0 radical (unpaired) electrons. The fourth-order valence-electron chi connectivity index (χ4n) is 2.39. The van der Waals surface area contributed by atoms with Gasteiger partial charge in [-0.15, -0.1) is 0 Å². The van der Waals surface area contributed by atoms with Gasteiger partial charge in [0.05, 0.1) is 17.6 Å². The standard InChI is InChI=1S/C14H18N4O3/c1-2-17-6-7-21-12(10-17)9-16-13-5-3-4-11(8-15)14(13)18(19)20/h3-5,12,16H,2,6-7,9-10H2,1H3. The van der Waals surface area contributed by atoms with Crippen molar-refractivity contribution in [1.82, 2.24) is 4.90 Å². The van der Waals surface area contributed by atoms with E-state index in [1.54, 1.807) is 12.1 Å². The summed E-state index contributed by atoms with van der Waals surface area (Å²) in [5.41, 5.74) is 0.240. The van der Waals surface area contributed by atoms with Gasteiger partial charge >= 0.3 is 5.69 Å². The van der Waals surface area contributed by atoms with Crippen LogP contribution in [0.2, 0.25) is 0 Å². The Bertz CT molecular complexity index is 556. The van der Waals surface area contributed by atoms with E-state index >= 15 is 0 Å². The van der Waals surface area contributed by atoms with Crippen molar-refractivity contribution in [2.45, 2.75) is 13.0 Å². The van der Waals surface area contributed by atoms with Crippen molar-refractivity contribution >= 4 is 11.4 Å². The number of morpholine rings is 1. The van der Waals surface area contributed by atoms with Crippen molar-refractivity contribution < 1.29 is 9.66 Å². The van der Waals surface area contributed by atoms with Gasteiger partial charge in [0.25, 0.3) is 0 Å². The molecule has 0 aliphatic carbocycles. The highest BCUT2D eigenvalue weighted by Gasteiger charge is 2.22. The first-order valence-corrected chi connectivity index (χ1v) is 6.91. The van der Waals surface area contributed by atoms with Gasteiger partial charge in [0.15, 0.2) is 0 Å². The molecule has 0 aromatic heterocycles. The van der Waals surface area contributed by atoms with Crippen LogP contribution in [-0.2, 0) is 4.74 Å². The normalized spacial score (nSPS) is 19.0. The highest BCUT2D eigenvalue weighted by Crippen LogP contribution is 2.28. The molecular weight excluding hydrogens is 272 g/mol. The van der Waals surface area contributed by atoms with E-state index in [0.29, 0.717) is 18.8 Å². The lowest BCUT2D eigenvalue weighted by Crippen LogP contribution is -2.45. The summed E-state index contributed by atoms with van der Waals surface area (Å²) in [6, 6.07) is 6.54. The fourth-order valence-corrected chi connectivity index (χ4v) is 2.39. The van der Waals surface area contributed by atoms with E-state index in [9.17, 15) is 10.1 Å². The maximum atomic E-state index is 11.1. The molecule has 0 amide bonds. The number of nitro groups is 1. The summed E-state index contributed by atoms with van der Waals surface area (Å²) in [7, 11) is 0. The van der Waals surface area contributed by atoms with Gasteiger partial charge in [0, 0.05) is 19.6 Å². The number of nitrogens with zero attached hydrogens (tertiary/aromatic N) is 3. The predicted octanol–water partition coefficient (Wildman–Crippen LogP) is 1.60. The van der Waals surface area contributed by atoms with Gasteiger partial charge in [-0.1, -0.05) is 13.0 Å². The average Bonchev–Trinajstić information content (AvgIpc) is 2.52. The molecule has 1 N–H and O–H groups in total. The molecule has 1 aliphatic rings. The molecule has 1 aromatic rings. The molecule has 1 saturated heterocycles. The molecule has 0 spiro atoms. The summed E-state index contributed by atoms with van der Waals surface area (Å²) >= 11 is 0. The number of ether oxygens (including phenoxy) is 1. The maximum absolute atomic E-state index is 11.1. The molecule has 7 nitrogen and oxygen atoms in total. The van der Waals surface area contributed by atoms with Gasteiger partial charge in [0.1, 0.15) is 17.3 Å². The minimum Gasteiger partial charge on any atom is -0.377 e. The lowest BCUT2D eigenvalue weighted by Gasteiger charge is -2.32. The van der Waals surface area contributed by atoms with Crippen LogP contribution in [-0.4, -0.2) is 48.7 Å². The highest BCUT2D eigenvalue weighted by molar-refractivity contribution is 5.68. The molecule has 2 rings (SSSR count). The zero-order valence-electron chi connectivity index (χ0n) is 11.9. The Kier molecular flexibility index (Phi) is 5.09. The number of nitriles is 1. The zero-order valence-corrected chi connectivity index (χ0v) is 11.9. The summed E-state index contributed by atoms with van der Waals surface area (Å²) in [5.74, 6) is 0. The first kappa shape index (κ1) is 15.2. The van der Waals surface area contributed by atoms with E-state index in [2.05, 4.69) is 17.1 Å². The molecule has 1 atom stereocenters. The third-order valence-corrected chi connectivity index (χ3v) is 3.53. The highest BCUT2D eigenvalue weighted by atomic mass is 16.6. The van der Waals surface area contributed by atoms with Crippen LogP contribution in [0, 0.1) is 21.4 Å². The Hall–Kier alpha value is -2.17. The molecule has 21 heavy (non-hydrogen) atoms. The second kappa shape index (κ2) is 7.02. The largest absolute Gasteiger partial charge is 0.377 e. The SMILES string of the molecule is CCN1CCOC(CNc2cccc(C#N)c2[N+](=O)[O-])C1. The maximum Gasteiger partial charge on any atom is 0.309 e. The van der Waals surface area contributed by atoms with Crippen LogP contribution in [0.5, 0.6) is 0 Å². The van der Waals surface area contributed by atoms with Crippen LogP contribution in [0.15, 0.2) is 18.2 Å². The number of hydrogen-bond acceptors (Lipinski definition) is 6. The van der Waals surface area contributed by atoms with Crippen LogP contribution in [0.1, 0.15) is 12.5 Å². The van der Waals surface area contributed by atoms with E-state index in [-0.39, 0.29) is 17.4 Å². The van der Waals surface area contributed by atoms with Gasteiger partial charge in [-0.2, -0.15) is 5.26 Å². The Labute approximate surface area is 123 Å². The second-order valence-corrected chi connectivity index (χ2v) is 4.84. The third-order valence-electron chi connectivity index (χ3n) is 3.53. The second-order valence-electron chi connectivity index (χ2n) is 4.84. The molecule has 0 saturated carbocycles. The number of nitrogens with one attached hydrogen (secondary N) is 1. The molecule has 112 valence electrons. The first-order valence-electron chi connectivity index (χ1n) is 6.91. The number of rotatable bonds is 5. The lowest BCUT2D eigenvalue weighted by molar-refractivity contribution is -0.384. The number of nitro benzene ring substituents is 1. The summed E-state index contributed by atoms with van der Waals surface area (Å²) < 4.78 is 5.65. The molecule has 1 fully saturated rings. The van der Waals surface area contributed by atoms with Crippen LogP contribution < -0.4 is 5.32 Å². The number of hydrogen-bond donors (Lipinski definition) is 1. The van der Waals surface area contributed by atoms with Gasteiger partial charge in [-0.3, -0.25) is 15.0 Å². The molecule has 1 unspecified atom stereocenters. The van der Waals surface area contributed by atoms with E-state index in [4.69, 9.17) is 10.00 Å². The minimum absolute atomic E-state index is 0.0101.